The molecule has 71 heavy (non-hydrogen) atoms. The van der Waals surface area contributed by atoms with Gasteiger partial charge in [-0.2, -0.15) is 19.5 Å². The third-order valence-corrected chi connectivity index (χ3v) is 11.6. The van der Waals surface area contributed by atoms with Gasteiger partial charge in [-0.05, 0) is 109 Å². The number of carbonyl (C=O) groups is 5. The molecular weight excluding hydrogens is 913 g/mol. The van der Waals surface area contributed by atoms with Crippen LogP contribution in [-0.2, 0) is 27.5 Å². The molecule has 1 atom stereocenters. The van der Waals surface area contributed by atoms with Crippen LogP contribution in [0.15, 0.2) is 95.9 Å². The molecule has 0 radical (unpaired) electrons. The molecule has 0 aliphatic carbocycles. The molecule has 7 aromatic rings. The second kappa shape index (κ2) is 24.1. The van der Waals surface area contributed by atoms with Crippen molar-refractivity contribution in [3.05, 3.63) is 125 Å². The molecule has 8 rings (SSSR count). The number of carbonyl (C=O) groups excluding carboxylic acids is 3. The average Bonchev–Trinajstić information content (AvgIpc) is 4.07. The number of nitrogens with two attached hydrogens (primary N) is 1. The lowest BCUT2D eigenvalue weighted by atomic mass is 9.94. The Morgan fingerprint density at radius 1 is 0.817 bits per heavy atom. The lowest BCUT2D eigenvalue weighted by Crippen LogP contribution is -2.44. The van der Waals surface area contributed by atoms with Gasteiger partial charge in [-0.3, -0.25) is 38.8 Å². The zero-order valence-electron chi connectivity index (χ0n) is 39.1. The van der Waals surface area contributed by atoms with E-state index in [1.165, 1.54) is 10.8 Å². The van der Waals surface area contributed by atoms with E-state index in [4.69, 9.17) is 20.1 Å². The van der Waals surface area contributed by atoms with Crippen LogP contribution in [0.5, 0.6) is 0 Å². The Balaban J connectivity index is 0.00000241. The van der Waals surface area contributed by atoms with Gasteiger partial charge in [0.25, 0.3) is 24.1 Å². The number of carboxylic acid groups (broad SMARTS) is 2. The van der Waals surface area contributed by atoms with Gasteiger partial charge in [-0.1, -0.05) is 42.8 Å². The summed E-state index contributed by atoms with van der Waals surface area (Å²) in [5.74, 6) is -0.130. The van der Waals surface area contributed by atoms with Crippen LogP contribution in [0.2, 0.25) is 0 Å². The van der Waals surface area contributed by atoms with Crippen LogP contribution in [0.4, 0.5) is 23.3 Å². The predicted molar refractivity (Wildman–Crippen MR) is 263 cm³/mol. The zero-order chi connectivity index (χ0) is 50.3. The number of pyridine rings is 2. The predicted octanol–water partition coefficient (Wildman–Crippen LogP) is 5.18. The molecule has 22 heteroatoms. The maximum absolute atomic E-state index is 13.4. The van der Waals surface area contributed by atoms with Crippen molar-refractivity contribution in [2.75, 3.05) is 47.9 Å². The number of anilines is 4. The number of rotatable bonds is 19. The number of amides is 3. The van der Waals surface area contributed by atoms with Crippen LogP contribution in [0.3, 0.4) is 0 Å². The van der Waals surface area contributed by atoms with Gasteiger partial charge in [0, 0.05) is 62.9 Å². The van der Waals surface area contributed by atoms with Crippen LogP contribution in [-0.4, -0.2) is 112 Å². The van der Waals surface area contributed by atoms with Crippen molar-refractivity contribution in [1.82, 2.24) is 50.1 Å². The Kier molecular flexibility index (Phi) is 17.0. The SMILES string of the molecule is Cc1c(NC(=O)c2ccc(CNCCNC(=O)CCCNc3nc(N)n4nc(-c5ccco5)nc4n3)cn2)cccc1-c1cccc(NC(=O)c2ccc(CN3CCCC[C@H]3C(=O)O)cn2)c1C.O=CO. The van der Waals surface area contributed by atoms with E-state index in [9.17, 15) is 24.3 Å². The Bertz CT molecular complexity index is 2960. The normalized spacial score (nSPS) is 13.4. The van der Waals surface area contributed by atoms with Crippen molar-refractivity contribution < 1.29 is 38.6 Å². The fraction of sp³-hybridized carbons (Fsp3) is 0.286. The molecule has 1 saturated heterocycles. The molecule has 2 aromatic carbocycles. The van der Waals surface area contributed by atoms with E-state index in [-0.39, 0.29) is 53.3 Å². The van der Waals surface area contributed by atoms with E-state index >= 15 is 0 Å². The minimum absolute atomic E-state index is 0.0871. The summed E-state index contributed by atoms with van der Waals surface area (Å²) in [6, 6.07) is 21.3. The Hall–Kier alpha value is -8.63. The lowest BCUT2D eigenvalue weighted by Gasteiger charge is -2.32. The zero-order valence-corrected chi connectivity index (χ0v) is 39.1. The largest absolute Gasteiger partial charge is 0.483 e. The second-order valence-corrected chi connectivity index (χ2v) is 16.5. The summed E-state index contributed by atoms with van der Waals surface area (Å²) in [5, 5.41) is 36.1. The Labute approximate surface area is 407 Å². The lowest BCUT2D eigenvalue weighted by molar-refractivity contribution is -0.144. The van der Waals surface area contributed by atoms with E-state index in [0.717, 1.165) is 46.2 Å². The van der Waals surface area contributed by atoms with E-state index < -0.39 is 12.0 Å². The number of nitrogen functional groups attached to an aromatic ring is 1. The van der Waals surface area contributed by atoms with Crippen molar-refractivity contribution in [3.8, 4) is 22.7 Å². The highest BCUT2D eigenvalue weighted by Crippen LogP contribution is 2.34. The highest BCUT2D eigenvalue weighted by molar-refractivity contribution is 6.05. The summed E-state index contributed by atoms with van der Waals surface area (Å²) in [5.41, 5.74) is 13.0. The molecule has 9 N–H and O–H groups in total. The van der Waals surface area contributed by atoms with Gasteiger partial charge in [-0.15, -0.1) is 5.10 Å². The first-order valence-electron chi connectivity index (χ1n) is 22.8. The van der Waals surface area contributed by atoms with Crippen LogP contribution in [0.25, 0.3) is 28.5 Å². The maximum atomic E-state index is 13.4. The number of fused-ring (bicyclic) bond motifs is 1. The third-order valence-electron chi connectivity index (χ3n) is 11.6. The second-order valence-electron chi connectivity index (χ2n) is 16.5. The van der Waals surface area contributed by atoms with Crippen molar-refractivity contribution in [1.29, 1.82) is 0 Å². The average molecular weight is 967 g/mol. The van der Waals surface area contributed by atoms with Crippen molar-refractivity contribution >= 4 is 59.2 Å². The molecule has 6 heterocycles. The molecule has 22 nitrogen and oxygen atoms in total. The number of carboxylic acids is 1. The van der Waals surface area contributed by atoms with E-state index in [0.29, 0.717) is 81.5 Å². The smallest absolute Gasteiger partial charge is 0.320 e. The molecular formula is C49H54N14O8. The third kappa shape index (κ3) is 13.1. The van der Waals surface area contributed by atoms with Crippen LogP contribution < -0.4 is 32.3 Å². The van der Waals surface area contributed by atoms with Crippen molar-refractivity contribution in [2.45, 2.75) is 65.1 Å². The number of hydrogen-bond acceptors (Lipinski definition) is 16. The highest BCUT2D eigenvalue weighted by Gasteiger charge is 2.28. The van der Waals surface area contributed by atoms with Gasteiger partial charge in [0.1, 0.15) is 17.4 Å². The molecule has 0 unspecified atom stereocenters. The van der Waals surface area contributed by atoms with Gasteiger partial charge in [0.15, 0.2) is 5.76 Å². The number of furan rings is 1. The van der Waals surface area contributed by atoms with E-state index in [1.807, 2.05) is 67.3 Å². The van der Waals surface area contributed by atoms with Crippen LogP contribution in [0, 0.1) is 13.8 Å². The summed E-state index contributed by atoms with van der Waals surface area (Å²) in [6.45, 7) is 6.68. The summed E-state index contributed by atoms with van der Waals surface area (Å²) in [4.78, 5) is 82.9. The molecule has 5 aromatic heterocycles. The van der Waals surface area contributed by atoms with E-state index in [1.54, 1.807) is 36.7 Å². The molecule has 0 saturated carbocycles. The van der Waals surface area contributed by atoms with Gasteiger partial charge in [0.05, 0.1) is 6.26 Å². The summed E-state index contributed by atoms with van der Waals surface area (Å²) >= 11 is 0. The maximum Gasteiger partial charge on any atom is 0.320 e. The fourth-order valence-electron chi connectivity index (χ4n) is 7.96. The fourth-order valence-corrected chi connectivity index (χ4v) is 7.96. The number of nitrogens with zero attached hydrogens (tertiary/aromatic N) is 8. The first-order chi connectivity index (χ1) is 34.4. The molecule has 1 aliphatic heterocycles. The first-order valence-corrected chi connectivity index (χ1v) is 22.8. The van der Waals surface area contributed by atoms with E-state index in [2.05, 4.69) is 56.6 Å². The monoisotopic (exact) mass is 966 g/mol. The van der Waals surface area contributed by atoms with Gasteiger partial charge < -0.3 is 46.9 Å². The minimum atomic E-state index is -0.815. The number of likely N-dealkylation sites (tertiary alicyclic amines) is 1. The number of benzene rings is 2. The number of aromatic nitrogens is 7. The number of piperidine rings is 1. The molecule has 1 fully saturated rings. The van der Waals surface area contributed by atoms with Crippen molar-refractivity contribution in [3.63, 3.8) is 0 Å². The standard InChI is InChI=1S/C48H52N14O6.CH2O2/c1-29-33(34-10-6-12-36(30(34)2)56-44(65)38-19-17-32(27-54-38)28-61-23-4-3-13-39(61)45(66)67)9-5-11-35(29)55-43(64)37-18-16-31(26-53-37)25-50-21-22-51-41(63)15-7-20-52-47-58-46(49)62-48(59-47)57-42(60-62)40-14-8-24-68-40;2-1-3/h5-6,8-12,14,16-19,24,26-27,39,50H,3-4,7,13,15,20-23,25,28H2,1-2H3,(H,51,63)(H,55,64)(H,56,65)(H,66,67)(H3,49,52,57,58,59,60);1H,(H,2,3)/t39-;/m0./s1. The minimum Gasteiger partial charge on any atom is -0.483 e. The van der Waals surface area contributed by atoms with Gasteiger partial charge >= 0.3 is 5.97 Å². The summed E-state index contributed by atoms with van der Waals surface area (Å²) in [7, 11) is 0. The molecule has 0 bridgehead atoms. The molecule has 3 amide bonds. The topological polar surface area (TPSA) is 310 Å². The Morgan fingerprint density at radius 3 is 2.08 bits per heavy atom. The van der Waals surface area contributed by atoms with Crippen LogP contribution in [0.1, 0.15) is 75.3 Å². The number of nitrogens with one attached hydrogen (secondary N) is 5. The number of hydrogen-bond donors (Lipinski definition) is 8. The Morgan fingerprint density at radius 2 is 1.48 bits per heavy atom. The molecule has 1 aliphatic rings. The summed E-state index contributed by atoms with van der Waals surface area (Å²) in [6.07, 6.45) is 8.12. The molecule has 368 valence electrons. The molecule has 0 spiro atoms. The quantitative estimate of drug-likeness (QED) is 0.0382. The first kappa shape index (κ1) is 50.3. The van der Waals surface area contributed by atoms with Crippen molar-refractivity contribution in [2.24, 2.45) is 0 Å². The van der Waals surface area contributed by atoms with Crippen LogP contribution >= 0.6 is 0 Å². The summed E-state index contributed by atoms with van der Waals surface area (Å²) < 4.78 is 6.67. The van der Waals surface area contributed by atoms with Gasteiger partial charge in [0.2, 0.25) is 23.6 Å². The highest BCUT2D eigenvalue weighted by atomic mass is 16.4. The number of aliphatic carboxylic acids is 1. The van der Waals surface area contributed by atoms with Gasteiger partial charge in [-0.25, -0.2) is 0 Å².